The maximum Gasteiger partial charge on any atom is 0.256 e. The van der Waals surface area contributed by atoms with Crippen LogP contribution in [0, 0.1) is 5.82 Å². The SMILES string of the molecule is CC(=O)n1cc(C(=O)N2CCCC2)c2ccc(F)cc21. The Balaban J connectivity index is 2.15. The lowest BCUT2D eigenvalue weighted by Gasteiger charge is -2.14. The van der Waals surface area contributed by atoms with E-state index in [4.69, 9.17) is 0 Å². The number of benzene rings is 1. The fourth-order valence-electron chi connectivity index (χ4n) is 2.72. The van der Waals surface area contributed by atoms with Crippen LogP contribution >= 0.6 is 0 Å². The van der Waals surface area contributed by atoms with Crippen LogP contribution in [0.1, 0.15) is 34.9 Å². The molecular weight excluding hydrogens is 259 g/mol. The number of amides is 1. The molecule has 1 amide bonds. The van der Waals surface area contributed by atoms with Crippen LogP contribution in [0.2, 0.25) is 0 Å². The van der Waals surface area contributed by atoms with Crippen LogP contribution < -0.4 is 0 Å². The zero-order valence-electron chi connectivity index (χ0n) is 11.2. The van der Waals surface area contributed by atoms with Crippen molar-refractivity contribution < 1.29 is 14.0 Å². The Bertz CT molecular complexity index is 699. The number of likely N-dealkylation sites (tertiary alicyclic amines) is 1. The van der Waals surface area contributed by atoms with Crippen molar-refractivity contribution in [2.24, 2.45) is 0 Å². The summed E-state index contributed by atoms with van der Waals surface area (Å²) < 4.78 is 14.7. The van der Waals surface area contributed by atoms with Crippen LogP contribution in [0.4, 0.5) is 4.39 Å². The number of hydrogen-bond donors (Lipinski definition) is 0. The molecule has 0 spiro atoms. The molecule has 4 nitrogen and oxygen atoms in total. The number of aromatic nitrogens is 1. The molecule has 1 aromatic carbocycles. The third-order valence-electron chi connectivity index (χ3n) is 3.73. The molecule has 1 fully saturated rings. The molecule has 0 atom stereocenters. The van der Waals surface area contributed by atoms with E-state index >= 15 is 0 Å². The minimum Gasteiger partial charge on any atom is -0.339 e. The monoisotopic (exact) mass is 274 g/mol. The van der Waals surface area contributed by atoms with Crippen LogP contribution in [0.15, 0.2) is 24.4 Å². The maximum absolute atomic E-state index is 13.4. The Morgan fingerprint density at radius 3 is 2.55 bits per heavy atom. The summed E-state index contributed by atoms with van der Waals surface area (Å²) in [5.74, 6) is -0.738. The summed E-state index contributed by atoms with van der Waals surface area (Å²) in [5, 5.41) is 0.624. The van der Waals surface area contributed by atoms with Crippen LogP contribution in [0.25, 0.3) is 10.9 Å². The first-order chi connectivity index (χ1) is 9.58. The average Bonchev–Trinajstić information content (AvgIpc) is 3.04. The second-order valence-electron chi connectivity index (χ2n) is 5.09. The molecule has 1 aliphatic heterocycles. The summed E-state index contributed by atoms with van der Waals surface area (Å²) in [6, 6.07) is 4.17. The lowest BCUT2D eigenvalue weighted by atomic mass is 10.1. The number of carbonyl (C=O) groups is 2. The fourth-order valence-corrected chi connectivity index (χ4v) is 2.72. The van der Waals surface area contributed by atoms with Crippen LogP contribution in [-0.4, -0.2) is 34.4 Å². The predicted octanol–water partition coefficient (Wildman–Crippen LogP) is 2.68. The third kappa shape index (κ3) is 1.99. The topological polar surface area (TPSA) is 42.3 Å². The molecule has 0 aliphatic carbocycles. The number of fused-ring (bicyclic) bond motifs is 1. The Labute approximate surface area is 115 Å². The first kappa shape index (κ1) is 12.8. The van der Waals surface area contributed by atoms with Gasteiger partial charge >= 0.3 is 0 Å². The van der Waals surface area contributed by atoms with Crippen LogP contribution in [0.5, 0.6) is 0 Å². The molecule has 0 radical (unpaired) electrons. The molecular formula is C15H15FN2O2. The smallest absolute Gasteiger partial charge is 0.256 e. The molecule has 20 heavy (non-hydrogen) atoms. The number of carbonyl (C=O) groups excluding carboxylic acids is 2. The summed E-state index contributed by atoms with van der Waals surface area (Å²) in [7, 11) is 0. The van der Waals surface area contributed by atoms with E-state index in [1.807, 2.05) is 0 Å². The summed E-state index contributed by atoms with van der Waals surface area (Å²) in [6.07, 6.45) is 3.53. The average molecular weight is 274 g/mol. The van der Waals surface area contributed by atoms with Gasteiger partial charge in [0.05, 0.1) is 11.1 Å². The Hall–Kier alpha value is -2.17. The van der Waals surface area contributed by atoms with Gasteiger partial charge in [-0.05, 0) is 31.0 Å². The lowest BCUT2D eigenvalue weighted by Crippen LogP contribution is -2.27. The lowest BCUT2D eigenvalue weighted by molar-refractivity contribution is 0.0794. The molecule has 1 aromatic heterocycles. The third-order valence-corrected chi connectivity index (χ3v) is 3.73. The van der Waals surface area contributed by atoms with E-state index in [1.165, 1.54) is 29.8 Å². The van der Waals surface area contributed by atoms with Crippen molar-refractivity contribution >= 4 is 22.7 Å². The molecule has 2 aromatic rings. The highest BCUT2D eigenvalue weighted by Gasteiger charge is 2.24. The van der Waals surface area contributed by atoms with Crippen molar-refractivity contribution in [1.29, 1.82) is 0 Å². The zero-order valence-corrected chi connectivity index (χ0v) is 11.2. The molecule has 3 rings (SSSR count). The normalized spacial score (nSPS) is 15.0. The maximum atomic E-state index is 13.4. The van der Waals surface area contributed by atoms with E-state index in [2.05, 4.69) is 0 Å². The van der Waals surface area contributed by atoms with Gasteiger partial charge < -0.3 is 4.90 Å². The molecule has 2 heterocycles. The summed E-state index contributed by atoms with van der Waals surface area (Å²) >= 11 is 0. The molecule has 0 saturated carbocycles. The van der Waals surface area contributed by atoms with Gasteiger partial charge in [0.1, 0.15) is 5.82 Å². The van der Waals surface area contributed by atoms with Gasteiger partial charge in [-0.25, -0.2) is 4.39 Å². The van der Waals surface area contributed by atoms with Gasteiger partial charge in [-0.2, -0.15) is 0 Å². The Kier molecular flexibility index (Phi) is 3.04. The largest absolute Gasteiger partial charge is 0.339 e. The highest BCUT2D eigenvalue weighted by atomic mass is 19.1. The van der Waals surface area contributed by atoms with Crippen LogP contribution in [0.3, 0.4) is 0 Å². The van der Waals surface area contributed by atoms with Gasteiger partial charge in [0.2, 0.25) is 5.91 Å². The van der Waals surface area contributed by atoms with Gasteiger partial charge in [0.15, 0.2) is 0 Å². The van der Waals surface area contributed by atoms with Crippen molar-refractivity contribution in [3.8, 4) is 0 Å². The first-order valence-corrected chi connectivity index (χ1v) is 6.69. The van der Waals surface area contributed by atoms with Crippen molar-refractivity contribution in [2.45, 2.75) is 19.8 Å². The van der Waals surface area contributed by atoms with E-state index in [9.17, 15) is 14.0 Å². The highest BCUT2D eigenvalue weighted by Crippen LogP contribution is 2.25. The molecule has 0 bridgehead atoms. The van der Waals surface area contributed by atoms with Gasteiger partial charge in [0.25, 0.3) is 5.91 Å². The molecule has 5 heteroatoms. The quantitative estimate of drug-likeness (QED) is 0.802. The van der Waals surface area contributed by atoms with Gasteiger partial charge in [-0.15, -0.1) is 0 Å². The summed E-state index contributed by atoms with van der Waals surface area (Å²) in [5.41, 5.74) is 0.914. The van der Waals surface area contributed by atoms with Gasteiger partial charge in [-0.1, -0.05) is 0 Å². The summed E-state index contributed by atoms with van der Waals surface area (Å²) in [6.45, 7) is 2.88. The van der Waals surface area contributed by atoms with Crippen LogP contribution in [-0.2, 0) is 0 Å². The van der Waals surface area contributed by atoms with E-state index < -0.39 is 5.82 Å². The number of nitrogens with zero attached hydrogens (tertiary/aromatic N) is 2. The van der Waals surface area contributed by atoms with E-state index in [1.54, 1.807) is 11.0 Å². The first-order valence-electron chi connectivity index (χ1n) is 6.69. The highest BCUT2D eigenvalue weighted by molar-refractivity contribution is 6.09. The predicted molar refractivity (Wildman–Crippen MR) is 73.3 cm³/mol. The zero-order chi connectivity index (χ0) is 14.3. The second kappa shape index (κ2) is 4.74. The Morgan fingerprint density at radius 1 is 1.20 bits per heavy atom. The second-order valence-corrected chi connectivity index (χ2v) is 5.09. The molecule has 0 N–H and O–H groups in total. The number of halogens is 1. The van der Waals surface area contributed by atoms with Gasteiger partial charge in [-0.3, -0.25) is 14.2 Å². The molecule has 1 saturated heterocycles. The van der Waals surface area contributed by atoms with Gasteiger partial charge in [0, 0.05) is 31.6 Å². The molecule has 104 valence electrons. The number of hydrogen-bond acceptors (Lipinski definition) is 2. The van der Waals surface area contributed by atoms with Crippen molar-refractivity contribution in [1.82, 2.24) is 9.47 Å². The minimum atomic E-state index is -0.418. The number of rotatable bonds is 1. The van der Waals surface area contributed by atoms with Crippen molar-refractivity contribution in [3.05, 3.63) is 35.8 Å². The standard InChI is InChI=1S/C15H15FN2O2/c1-10(19)18-9-13(15(20)17-6-2-3-7-17)12-5-4-11(16)8-14(12)18/h4-5,8-9H,2-3,6-7H2,1H3. The molecule has 1 aliphatic rings. The van der Waals surface area contributed by atoms with E-state index in [-0.39, 0.29) is 11.8 Å². The van der Waals surface area contributed by atoms with Crippen molar-refractivity contribution in [3.63, 3.8) is 0 Å². The molecule has 0 unspecified atom stereocenters. The fraction of sp³-hybridized carbons (Fsp3) is 0.333. The van der Waals surface area contributed by atoms with E-state index in [0.717, 1.165) is 25.9 Å². The van der Waals surface area contributed by atoms with Crippen molar-refractivity contribution in [2.75, 3.05) is 13.1 Å². The minimum absolute atomic E-state index is 0.0842. The summed E-state index contributed by atoms with van der Waals surface area (Å²) in [4.78, 5) is 25.9. The van der Waals surface area contributed by atoms with E-state index in [0.29, 0.717) is 16.5 Å². The Morgan fingerprint density at radius 2 is 1.90 bits per heavy atom.